The van der Waals surface area contributed by atoms with Crippen LogP contribution in [0.1, 0.15) is 13.3 Å². The molecular weight excluding hydrogens is 166 g/mol. The van der Waals surface area contributed by atoms with Crippen molar-refractivity contribution < 1.29 is 0 Å². The molecule has 0 unspecified atom stereocenters. The first-order chi connectivity index (χ1) is 5.86. The monoisotopic (exact) mass is 183 g/mol. The van der Waals surface area contributed by atoms with Gasteiger partial charge in [-0.3, -0.25) is 4.90 Å². The van der Waals surface area contributed by atoms with Crippen LogP contribution in [0.5, 0.6) is 0 Å². The number of thioether (sulfide) groups is 1. The summed E-state index contributed by atoms with van der Waals surface area (Å²) in [5, 5.41) is 0. The van der Waals surface area contributed by atoms with E-state index in [-0.39, 0.29) is 0 Å². The highest BCUT2D eigenvalue weighted by Crippen LogP contribution is 2.14. The summed E-state index contributed by atoms with van der Waals surface area (Å²) in [5.74, 6) is 2.52. The third-order valence-corrected chi connectivity index (χ3v) is 3.19. The van der Waals surface area contributed by atoms with Gasteiger partial charge < -0.3 is 0 Å². The Hall–Kier alpha value is -0.210. The number of rotatable bonds is 4. The van der Waals surface area contributed by atoms with Crippen LogP contribution in [-0.2, 0) is 0 Å². The second kappa shape index (κ2) is 5.44. The molecule has 0 spiro atoms. The Morgan fingerprint density at radius 1 is 1.67 bits per heavy atom. The van der Waals surface area contributed by atoms with Gasteiger partial charge in [0.2, 0.25) is 0 Å². The minimum absolute atomic E-state index is 1.15. The highest BCUT2D eigenvalue weighted by molar-refractivity contribution is 7.99. The van der Waals surface area contributed by atoms with Gasteiger partial charge in [-0.2, -0.15) is 0 Å². The molecule has 0 saturated carbocycles. The molecule has 1 aliphatic rings. The molecule has 0 aromatic rings. The Balaban J connectivity index is 2.19. The van der Waals surface area contributed by atoms with Gasteiger partial charge >= 0.3 is 0 Å². The van der Waals surface area contributed by atoms with E-state index in [1.807, 2.05) is 17.8 Å². The van der Waals surface area contributed by atoms with Crippen LogP contribution in [0.15, 0.2) is 24.3 Å². The Bertz CT molecular complexity index is 169. The fraction of sp³-hybridized carbons (Fsp3) is 0.600. The predicted octanol–water partition coefficient (Wildman–Crippen LogP) is 2.52. The normalized spacial score (nSPS) is 19.9. The van der Waals surface area contributed by atoms with E-state index in [0.29, 0.717) is 0 Å². The minimum atomic E-state index is 1.15. The smallest absolute Gasteiger partial charge is 0.0445 e. The summed E-state index contributed by atoms with van der Waals surface area (Å²) in [5.41, 5.74) is 1.37. The van der Waals surface area contributed by atoms with E-state index in [2.05, 4.69) is 24.5 Å². The summed E-state index contributed by atoms with van der Waals surface area (Å²) >= 11 is 2.03. The lowest BCUT2D eigenvalue weighted by Crippen LogP contribution is -2.20. The minimum Gasteiger partial charge on any atom is -0.293 e. The van der Waals surface area contributed by atoms with Crippen molar-refractivity contribution in [2.24, 2.45) is 0 Å². The van der Waals surface area contributed by atoms with Gasteiger partial charge in [0.1, 0.15) is 0 Å². The van der Waals surface area contributed by atoms with Crippen molar-refractivity contribution in [2.45, 2.75) is 13.3 Å². The Morgan fingerprint density at radius 3 is 3.00 bits per heavy atom. The standard InChI is InChI=1S/C10H17NS/c1-3-10(4-2)5-6-11-7-8-12-9-11/h3-4H,1,5-9H2,2H3/b10-4+. The molecule has 0 N–H and O–H groups in total. The molecule has 68 valence electrons. The van der Waals surface area contributed by atoms with Crippen LogP contribution in [-0.4, -0.2) is 29.6 Å². The zero-order valence-electron chi connectivity index (χ0n) is 7.75. The summed E-state index contributed by atoms with van der Waals surface area (Å²) in [6, 6.07) is 0. The van der Waals surface area contributed by atoms with Gasteiger partial charge in [-0.25, -0.2) is 0 Å². The van der Waals surface area contributed by atoms with Gasteiger partial charge in [-0.05, 0) is 13.3 Å². The first-order valence-electron chi connectivity index (χ1n) is 4.44. The highest BCUT2D eigenvalue weighted by Gasteiger charge is 2.10. The summed E-state index contributed by atoms with van der Waals surface area (Å²) in [4.78, 5) is 2.50. The molecule has 1 aliphatic heterocycles. The van der Waals surface area contributed by atoms with Crippen LogP contribution in [0.3, 0.4) is 0 Å². The van der Waals surface area contributed by atoms with Gasteiger partial charge in [-0.15, -0.1) is 11.8 Å². The van der Waals surface area contributed by atoms with Crippen LogP contribution in [0.4, 0.5) is 0 Å². The summed E-state index contributed by atoms with van der Waals surface area (Å²) in [6.45, 7) is 8.32. The molecule has 2 heteroatoms. The van der Waals surface area contributed by atoms with Gasteiger partial charge in [0, 0.05) is 24.7 Å². The van der Waals surface area contributed by atoms with Crippen LogP contribution >= 0.6 is 11.8 Å². The van der Waals surface area contributed by atoms with Gasteiger partial charge in [0.15, 0.2) is 0 Å². The topological polar surface area (TPSA) is 3.24 Å². The fourth-order valence-corrected chi connectivity index (χ4v) is 2.31. The third kappa shape index (κ3) is 3.03. The SMILES string of the molecule is C=C/C(=C\C)CCN1CCSC1. The Kier molecular flexibility index (Phi) is 4.48. The number of hydrogen-bond donors (Lipinski definition) is 0. The number of hydrogen-bond acceptors (Lipinski definition) is 2. The maximum atomic E-state index is 3.79. The van der Waals surface area contributed by atoms with Crippen molar-refractivity contribution in [3.63, 3.8) is 0 Å². The second-order valence-electron chi connectivity index (χ2n) is 2.97. The van der Waals surface area contributed by atoms with Crippen molar-refractivity contribution in [1.82, 2.24) is 4.90 Å². The van der Waals surface area contributed by atoms with Crippen molar-refractivity contribution in [1.29, 1.82) is 0 Å². The van der Waals surface area contributed by atoms with E-state index in [1.165, 1.54) is 30.3 Å². The third-order valence-electron chi connectivity index (χ3n) is 2.18. The van der Waals surface area contributed by atoms with E-state index in [4.69, 9.17) is 0 Å². The van der Waals surface area contributed by atoms with E-state index in [1.54, 1.807) is 0 Å². The number of nitrogens with zero attached hydrogens (tertiary/aromatic N) is 1. The molecule has 1 saturated heterocycles. The van der Waals surface area contributed by atoms with Crippen LogP contribution in [0, 0.1) is 0 Å². The van der Waals surface area contributed by atoms with Crippen molar-refractivity contribution in [3.05, 3.63) is 24.3 Å². The van der Waals surface area contributed by atoms with E-state index >= 15 is 0 Å². The molecule has 0 aliphatic carbocycles. The van der Waals surface area contributed by atoms with Crippen LogP contribution < -0.4 is 0 Å². The molecule has 1 nitrogen and oxygen atoms in total. The van der Waals surface area contributed by atoms with E-state index < -0.39 is 0 Å². The lowest BCUT2D eigenvalue weighted by molar-refractivity contribution is 0.361. The molecule has 0 aromatic heterocycles. The molecule has 0 bridgehead atoms. The van der Waals surface area contributed by atoms with Gasteiger partial charge in [0.05, 0.1) is 0 Å². The molecule has 0 atom stereocenters. The summed E-state index contributed by atoms with van der Waals surface area (Å²) < 4.78 is 0. The molecule has 1 heterocycles. The maximum absolute atomic E-state index is 3.79. The quantitative estimate of drug-likeness (QED) is 0.616. The molecule has 1 fully saturated rings. The Labute approximate surface area is 79.5 Å². The highest BCUT2D eigenvalue weighted by atomic mass is 32.2. The maximum Gasteiger partial charge on any atom is 0.0445 e. The molecule has 1 rings (SSSR count). The van der Waals surface area contributed by atoms with Gasteiger partial charge in [-0.1, -0.05) is 24.3 Å². The summed E-state index contributed by atoms with van der Waals surface area (Å²) in [6.07, 6.45) is 5.26. The first kappa shape index (κ1) is 9.87. The average molecular weight is 183 g/mol. The zero-order chi connectivity index (χ0) is 8.81. The van der Waals surface area contributed by atoms with E-state index in [0.717, 1.165) is 6.42 Å². The molecule has 0 aromatic carbocycles. The van der Waals surface area contributed by atoms with Crippen LogP contribution in [0.2, 0.25) is 0 Å². The van der Waals surface area contributed by atoms with Crippen molar-refractivity contribution in [2.75, 3.05) is 24.7 Å². The lowest BCUT2D eigenvalue weighted by atomic mass is 10.2. The summed E-state index contributed by atoms with van der Waals surface area (Å²) in [7, 11) is 0. The largest absolute Gasteiger partial charge is 0.293 e. The van der Waals surface area contributed by atoms with Crippen LogP contribution in [0.25, 0.3) is 0 Å². The van der Waals surface area contributed by atoms with Crippen molar-refractivity contribution >= 4 is 11.8 Å². The Morgan fingerprint density at radius 2 is 2.50 bits per heavy atom. The van der Waals surface area contributed by atoms with Gasteiger partial charge in [0.25, 0.3) is 0 Å². The average Bonchev–Trinajstić information content (AvgIpc) is 2.59. The lowest BCUT2D eigenvalue weighted by Gasteiger charge is -2.13. The molecular formula is C10H17NS. The molecule has 12 heavy (non-hydrogen) atoms. The zero-order valence-corrected chi connectivity index (χ0v) is 8.57. The van der Waals surface area contributed by atoms with Crippen molar-refractivity contribution in [3.8, 4) is 0 Å². The molecule has 0 radical (unpaired) electrons. The predicted molar refractivity (Wildman–Crippen MR) is 57.5 cm³/mol. The fourth-order valence-electron chi connectivity index (χ4n) is 1.28. The first-order valence-corrected chi connectivity index (χ1v) is 5.60. The van der Waals surface area contributed by atoms with E-state index in [9.17, 15) is 0 Å². The number of allylic oxidation sites excluding steroid dienone is 2. The second-order valence-corrected chi connectivity index (χ2v) is 4.05. The molecule has 0 amide bonds.